The molecule has 0 saturated carbocycles. The van der Waals surface area contributed by atoms with Crippen LogP contribution in [-0.2, 0) is 11.3 Å². The maximum Gasteiger partial charge on any atom is 0.272 e. The number of nitrogens with zero attached hydrogens (tertiary/aromatic N) is 1. The van der Waals surface area contributed by atoms with E-state index in [-0.39, 0.29) is 5.91 Å². The third-order valence-electron chi connectivity index (χ3n) is 4.52. The van der Waals surface area contributed by atoms with Gasteiger partial charge in [0.25, 0.3) is 5.91 Å². The maximum atomic E-state index is 12.6. The number of hydrogen-bond donors (Lipinski definition) is 2. The Morgan fingerprint density at radius 3 is 2.85 bits per heavy atom. The van der Waals surface area contributed by atoms with E-state index < -0.39 is 0 Å². The molecule has 1 saturated heterocycles. The summed E-state index contributed by atoms with van der Waals surface area (Å²) >= 11 is 3.45. The van der Waals surface area contributed by atoms with Crippen molar-refractivity contribution >= 4 is 38.4 Å². The number of hydrogen-bond acceptors (Lipinski definition) is 3. The predicted molar refractivity (Wildman–Crippen MR) is 106 cm³/mol. The molecule has 1 fully saturated rings. The van der Waals surface area contributed by atoms with Gasteiger partial charge in [0.15, 0.2) is 0 Å². The van der Waals surface area contributed by atoms with E-state index >= 15 is 0 Å². The Bertz CT molecular complexity index is 932. The van der Waals surface area contributed by atoms with Crippen LogP contribution >= 0.6 is 15.9 Å². The standard InChI is InChI=1S/C20H20BrN3O2/c21-16-5-4-15-11-19(23-18(15)12-16)20(25)22-17-3-1-2-14(10-17)13-24-6-8-26-9-7-24/h1-5,10-12,23H,6-9,13H2,(H,22,25). The molecule has 1 aliphatic rings. The lowest BCUT2D eigenvalue weighted by Crippen LogP contribution is -2.35. The van der Waals surface area contributed by atoms with Crippen LogP contribution in [0.25, 0.3) is 10.9 Å². The zero-order valence-corrected chi connectivity index (χ0v) is 15.9. The summed E-state index contributed by atoms with van der Waals surface area (Å²) in [5, 5.41) is 4.00. The molecule has 134 valence electrons. The zero-order valence-electron chi connectivity index (χ0n) is 14.3. The first-order valence-corrected chi connectivity index (χ1v) is 9.45. The first-order chi connectivity index (χ1) is 12.7. The number of halogens is 1. The highest BCUT2D eigenvalue weighted by molar-refractivity contribution is 9.10. The van der Waals surface area contributed by atoms with E-state index in [1.165, 1.54) is 5.56 Å². The molecular formula is C20H20BrN3O2. The summed E-state index contributed by atoms with van der Waals surface area (Å²) in [5.41, 5.74) is 3.48. The van der Waals surface area contributed by atoms with E-state index in [1.807, 2.05) is 42.5 Å². The number of fused-ring (bicyclic) bond motifs is 1. The average molecular weight is 414 g/mol. The summed E-state index contributed by atoms with van der Waals surface area (Å²) in [4.78, 5) is 18.1. The quantitative estimate of drug-likeness (QED) is 0.678. The second-order valence-electron chi connectivity index (χ2n) is 6.46. The van der Waals surface area contributed by atoms with Gasteiger partial charge in [-0.2, -0.15) is 0 Å². The van der Waals surface area contributed by atoms with Crippen LogP contribution in [0.5, 0.6) is 0 Å². The summed E-state index contributed by atoms with van der Waals surface area (Å²) in [5.74, 6) is -0.138. The van der Waals surface area contributed by atoms with Crippen molar-refractivity contribution in [2.75, 3.05) is 31.6 Å². The Hall–Kier alpha value is -2.15. The minimum absolute atomic E-state index is 0.138. The van der Waals surface area contributed by atoms with Crippen LogP contribution in [0.1, 0.15) is 16.1 Å². The smallest absolute Gasteiger partial charge is 0.272 e. The average Bonchev–Trinajstić information content (AvgIpc) is 3.06. The monoisotopic (exact) mass is 413 g/mol. The van der Waals surface area contributed by atoms with Crippen LogP contribution in [0, 0.1) is 0 Å². The van der Waals surface area contributed by atoms with Gasteiger partial charge in [-0.1, -0.05) is 34.1 Å². The Labute approximate surface area is 160 Å². The predicted octanol–water partition coefficient (Wildman–Crippen LogP) is 4.01. The Kier molecular flexibility index (Phi) is 5.06. The number of benzene rings is 2. The van der Waals surface area contributed by atoms with E-state index in [2.05, 4.69) is 37.2 Å². The molecule has 1 aromatic heterocycles. The third kappa shape index (κ3) is 3.98. The van der Waals surface area contributed by atoms with Crippen molar-refractivity contribution in [3.8, 4) is 0 Å². The number of aromatic amines is 1. The lowest BCUT2D eigenvalue weighted by atomic mass is 10.1. The largest absolute Gasteiger partial charge is 0.379 e. The van der Waals surface area contributed by atoms with E-state index in [0.717, 1.165) is 53.9 Å². The molecule has 1 amide bonds. The summed E-state index contributed by atoms with van der Waals surface area (Å²) in [7, 11) is 0. The number of carbonyl (C=O) groups excluding carboxylic acids is 1. The minimum Gasteiger partial charge on any atom is -0.379 e. The molecule has 6 heteroatoms. The van der Waals surface area contributed by atoms with Gasteiger partial charge in [-0.05, 0) is 35.9 Å². The van der Waals surface area contributed by atoms with Crippen molar-refractivity contribution in [2.45, 2.75) is 6.54 Å². The summed E-state index contributed by atoms with van der Waals surface area (Å²) in [6.07, 6.45) is 0. The number of carbonyl (C=O) groups is 1. The van der Waals surface area contributed by atoms with Crippen LogP contribution in [-0.4, -0.2) is 42.1 Å². The molecule has 1 aliphatic heterocycles. The molecule has 0 aliphatic carbocycles. The van der Waals surface area contributed by atoms with Crippen LogP contribution in [0.4, 0.5) is 5.69 Å². The van der Waals surface area contributed by atoms with Gasteiger partial charge < -0.3 is 15.0 Å². The van der Waals surface area contributed by atoms with Gasteiger partial charge in [-0.3, -0.25) is 9.69 Å². The lowest BCUT2D eigenvalue weighted by molar-refractivity contribution is 0.0342. The molecule has 0 unspecified atom stereocenters. The fourth-order valence-corrected chi connectivity index (χ4v) is 3.55. The second-order valence-corrected chi connectivity index (χ2v) is 7.37. The van der Waals surface area contributed by atoms with Crippen molar-refractivity contribution in [3.63, 3.8) is 0 Å². The summed E-state index contributed by atoms with van der Waals surface area (Å²) in [6.45, 7) is 4.33. The first-order valence-electron chi connectivity index (χ1n) is 8.66. The molecular weight excluding hydrogens is 394 g/mol. The number of anilines is 1. The molecule has 0 spiro atoms. The number of rotatable bonds is 4. The lowest BCUT2D eigenvalue weighted by Gasteiger charge is -2.26. The Morgan fingerprint density at radius 1 is 1.15 bits per heavy atom. The van der Waals surface area contributed by atoms with Gasteiger partial charge >= 0.3 is 0 Å². The highest BCUT2D eigenvalue weighted by Crippen LogP contribution is 2.21. The third-order valence-corrected chi connectivity index (χ3v) is 5.02. The van der Waals surface area contributed by atoms with E-state index in [0.29, 0.717) is 5.69 Å². The Balaban J connectivity index is 1.47. The van der Waals surface area contributed by atoms with Crippen molar-refractivity contribution in [2.24, 2.45) is 0 Å². The highest BCUT2D eigenvalue weighted by atomic mass is 79.9. The molecule has 5 nitrogen and oxygen atoms in total. The first kappa shape index (κ1) is 17.3. The van der Waals surface area contributed by atoms with Gasteiger partial charge in [0, 0.05) is 40.7 Å². The number of aromatic nitrogens is 1. The molecule has 0 radical (unpaired) electrons. The maximum absolute atomic E-state index is 12.6. The molecule has 2 heterocycles. The molecule has 4 rings (SSSR count). The zero-order chi connectivity index (χ0) is 17.9. The fraction of sp³-hybridized carbons (Fsp3) is 0.250. The molecule has 2 N–H and O–H groups in total. The van der Waals surface area contributed by atoms with Crippen molar-refractivity contribution in [3.05, 3.63) is 64.3 Å². The topological polar surface area (TPSA) is 57.4 Å². The van der Waals surface area contributed by atoms with Crippen molar-refractivity contribution < 1.29 is 9.53 Å². The number of morpholine rings is 1. The fourth-order valence-electron chi connectivity index (χ4n) is 3.18. The van der Waals surface area contributed by atoms with Gasteiger partial charge in [0.2, 0.25) is 0 Å². The van der Waals surface area contributed by atoms with Crippen LogP contribution in [0.3, 0.4) is 0 Å². The number of ether oxygens (including phenoxy) is 1. The Morgan fingerprint density at radius 2 is 2.00 bits per heavy atom. The SMILES string of the molecule is O=C(Nc1cccc(CN2CCOCC2)c1)c1cc2ccc(Br)cc2[nH]1. The summed E-state index contributed by atoms with van der Waals surface area (Å²) in [6, 6.07) is 15.8. The van der Waals surface area contributed by atoms with Crippen LogP contribution in [0.15, 0.2) is 53.0 Å². The van der Waals surface area contributed by atoms with Crippen LogP contribution < -0.4 is 5.32 Å². The minimum atomic E-state index is -0.138. The van der Waals surface area contributed by atoms with Crippen LogP contribution in [0.2, 0.25) is 0 Å². The molecule has 2 aromatic carbocycles. The highest BCUT2D eigenvalue weighted by Gasteiger charge is 2.13. The van der Waals surface area contributed by atoms with Gasteiger partial charge in [0.05, 0.1) is 13.2 Å². The van der Waals surface area contributed by atoms with E-state index in [4.69, 9.17) is 4.74 Å². The molecule has 3 aromatic rings. The van der Waals surface area contributed by atoms with Crippen molar-refractivity contribution in [1.82, 2.24) is 9.88 Å². The number of H-pyrrole nitrogens is 1. The molecule has 26 heavy (non-hydrogen) atoms. The normalized spacial score (nSPS) is 15.3. The molecule has 0 bridgehead atoms. The van der Waals surface area contributed by atoms with Crippen molar-refractivity contribution in [1.29, 1.82) is 0 Å². The van der Waals surface area contributed by atoms with E-state index in [9.17, 15) is 4.79 Å². The summed E-state index contributed by atoms with van der Waals surface area (Å²) < 4.78 is 6.37. The number of nitrogens with one attached hydrogen (secondary N) is 2. The number of amides is 1. The van der Waals surface area contributed by atoms with Gasteiger partial charge in [0.1, 0.15) is 5.69 Å². The van der Waals surface area contributed by atoms with Gasteiger partial charge in [-0.25, -0.2) is 0 Å². The molecule has 0 atom stereocenters. The van der Waals surface area contributed by atoms with Gasteiger partial charge in [-0.15, -0.1) is 0 Å². The second kappa shape index (κ2) is 7.61. The van der Waals surface area contributed by atoms with E-state index in [1.54, 1.807) is 0 Å².